The zero-order valence-corrected chi connectivity index (χ0v) is 16.8. The van der Waals surface area contributed by atoms with Crippen LogP contribution in [0, 0.1) is 0 Å². The minimum atomic E-state index is -0.863. The molecule has 1 aromatic heterocycles. The lowest BCUT2D eigenvalue weighted by Crippen LogP contribution is -2.43. The normalized spacial score (nSPS) is 22.3. The lowest BCUT2D eigenvalue weighted by Gasteiger charge is -2.33. The molecule has 2 aliphatic rings. The quantitative estimate of drug-likeness (QED) is 0.731. The number of hydrogen-bond acceptors (Lipinski definition) is 4. The first-order valence-corrected chi connectivity index (χ1v) is 9.89. The molecule has 30 heavy (non-hydrogen) atoms. The maximum atomic E-state index is 13.5. The van der Waals surface area contributed by atoms with E-state index < -0.39 is 11.5 Å². The Morgan fingerprint density at radius 2 is 1.97 bits per heavy atom. The summed E-state index contributed by atoms with van der Waals surface area (Å²) in [5.74, 6) is 1.18. The Balaban J connectivity index is 1.64. The highest BCUT2D eigenvalue weighted by Gasteiger charge is 2.60. The van der Waals surface area contributed by atoms with Crippen molar-refractivity contribution in [2.45, 2.75) is 17.9 Å². The lowest BCUT2D eigenvalue weighted by molar-refractivity contribution is -0.121. The van der Waals surface area contributed by atoms with Gasteiger partial charge in [0.1, 0.15) is 23.0 Å². The number of para-hydroxylation sites is 1. The van der Waals surface area contributed by atoms with E-state index in [0.29, 0.717) is 30.1 Å². The zero-order valence-electron chi connectivity index (χ0n) is 16.8. The summed E-state index contributed by atoms with van der Waals surface area (Å²) in [4.78, 5) is 33.2. The number of methoxy groups -OCH3 is 1. The van der Waals surface area contributed by atoms with Gasteiger partial charge < -0.3 is 19.5 Å². The monoisotopic (exact) mass is 402 g/mol. The standard InChI is InChI=1S/C23H22N4O3/c1-26-14-12-24-20(26)19-23(17-5-3-4-6-18(17)25-22(23)29)11-13-27(19)21(28)15-7-9-16(30-2)10-8-15/h3-10,12,14,19H,11,13H2,1-2H3,(H,25,29)/t19-,23+/m0/s1. The summed E-state index contributed by atoms with van der Waals surface area (Å²) in [6.45, 7) is 0.462. The third kappa shape index (κ3) is 2.48. The SMILES string of the molecule is COc1ccc(C(=O)N2CC[C@]3(C(=O)Nc4ccccc43)[C@@H]2c2nccn2C)cc1. The van der Waals surface area contributed by atoms with Gasteiger partial charge in [-0.3, -0.25) is 9.59 Å². The molecular formula is C23H22N4O3. The second-order valence-electron chi connectivity index (χ2n) is 7.75. The molecule has 1 spiro atoms. The summed E-state index contributed by atoms with van der Waals surface area (Å²) in [5.41, 5.74) is 1.42. The van der Waals surface area contributed by atoms with Crippen molar-refractivity contribution in [1.82, 2.24) is 14.5 Å². The van der Waals surface area contributed by atoms with Gasteiger partial charge in [-0.2, -0.15) is 0 Å². The Labute approximate surface area is 174 Å². The fourth-order valence-corrected chi connectivity index (χ4v) is 4.80. The number of carbonyl (C=O) groups is 2. The number of anilines is 1. The highest BCUT2D eigenvalue weighted by atomic mass is 16.5. The maximum absolute atomic E-state index is 13.5. The summed E-state index contributed by atoms with van der Waals surface area (Å²) in [5, 5.41) is 3.03. The van der Waals surface area contributed by atoms with Crippen LogP contribution in [0.1, 0.15) is 34.2 Å². The van der Waals surface area contributed by atoms with Crippen LogP contribution in [0.15, 0.2) is 60.9 Å². The molecule has 1 saturated heterocycles. The van der Waals surface area contributed by atoms with E-state index in [-0.39, 0.29) is 11.8 Å². The smallest absolute Gasteiger partial charge is 0.254 e. The maximum Gasteiger partial charge on any atom is 0.254 e. The fourth-order valence-electron chi connectivity index (χ4n) is 4.80. The van der Waals surface area contributed by atoms with Crippen LogP contribution in [0.4, 0.5) is 5.69 Å². The second-order valence-corrected chi connectivity index (χ2v) is 7.75. The minimum absolute atomic E-state index is 0.0817. The number of carbonyl (C=O) groups excluding carboxylic acids is 2. The molecule has 7 nitrogen and oxygen atoms in total. The molecule has 0 aliphatic carbocycles. The van der Waals surface area contributed by atoms with Crippen LogP contribution < -0.4 is 10.1 Å². The van der Waals surface area contributed by atoms with Gasteiger partial charge >= 0.3 is 0 Å². The van der Waals surface area contributed by atoms with Gasteiger partial charge in [-0.05, 0) is 42.3 Å². The molecule has 7 heteroatoms. The number of aryl methyl sites for hydroxylation is 1. The zero-order chi connectivity index (χ0) is 20.9. The first kappa shape index (κ1) is 18.4. The Morgan fingerprint density at radius 3 is 2.67 bits per heavy atom. The van der Waals surface area contributed by atoms with Crippen LogP contribution in [-0.4, -0.2) is 39.9 Å². The van der Waals surface area contributed by atoms with E-state index in [4.69, 9.17) is 4.74 Å². The third-order valence-corrected chi connectivity index (χ3v) is 6.29. The average Bonchev–Trinajstić information content (AvgIpc) is 3.44. The summed E-state index contributed by atoms with van der Waals surface area (Å²) in [7, 11) is 3.48. The van der Waals surface area contributed by atoms with Crippen molar-refractivity contribution in [3.05, 3.63) is 77.9 Å². The van der Waals surface area contributed by atoms with Crippen molar-refractivity contribution in [3.8, 4) is 5.75 Å². The predicted molar refractivity (Wildman–Crippen MR) is 111 cm³/mol. The highest BCUT2D eigenvalue weighted by Crippen LogP contribution is 2.54. The van der Waals surface area contributed by atoms with Crippen molar-refractivity contribution in [3.63, 3.8) is 0 Å². The van der Waals surface area contributed by atoms with E-state index in [1.54, 1.807) is 42.5 Å². The average molecular weight is 402 g/mol. The van der Waals surface area contributed by atoms with E-state index in [2.05, 4.69) is 10.3 Å². The first-order chi connectivity index (χ1) is 14.6. The number of ether oxygens (including phenoxy) is 1. The van der Waals surface area contributed by atoms with Crippen molar-refractivity contribution in [2.24, 2.45) is 7.05 Å². The van der Waals surface area contributed by atoms with Crippen LogP contribution in [0.3, 0.4) is 0 Å². The van der Waals surface area contributed by atoms with Crippen LogP contribution in [-0.2, 0) is 17.3 Å². The number of likely N-dealkylation sites (tertiary alicyclic amines) is 1. The molecule has 2 aliphatic heterocycles. The lowest BCUT2D eigenvalue weighted by atomic mass is 9.74. The summed E-state index contributed by atoms with van der Waals surface area (Å²) < 4.78 is 7.10. The van der Waals surface area contributed by atoms with Gasteiger partial charge in [0.2, 0.25) is 5.91 Å². The van der Waals surface area contributed by atoms with Gasteiger partial charge in [-0.25, -0.2) is 4.98 Å². The van der Waals surface area contributed by atoms with Gasteiger partial charge in [-0.1, -0.05) is 18.2 Å². The molecule has 2 aromatic carbocycles. The number of hydrogen-bond donors (Lipinski definition) is 1. The molecule has 0 saturated carbocycles. The van der Waals surface area contributed by atoms with E-state index in [1.807, 2.05) is 42.1 Å². The number of imidazole rings is 1. The number of benzene rings is 2. The summed E-state index contributed by atoms with van der Waals surface area (Å²) >= 11 is 0. The molecule has 0 unspecified atom stereocenters. The molecule has 3 heterocycles. The number of nitrogens with one attached hydrogen (secondary N) is 1. The highest BCUT2D eigenvalue weighted by molar-refractivity contribution is 6.08. The number of nitrogens with zero attached hydrogens (tertiary/aromatic N) is 3. The summed E-state index contributed by atoms with van der Waals surface area (Å²) in [6.07, 6.45) is 4.08. The Kier molecular flexibility index (Phi) is 4.13. The topological polar surface area (TPSA) is 76.5 Å². The largest absolute Gasteiger partial charge is 0.497 e. The van der Waals surface area contributed by atoms with E-state index >= 15 is 0 Å². The fraction of sp³-hybridized carbons (Fsp3) is 0.261. The third-order valence-electron chi connectivity index (χ3n) is 6.29. The molecule has 0 radical (unpaired) electrons. The van der Waals surface area contributed by atoms with Crippen molar-refractivity contribution in [1.29, 1.82) is 0 Å². The molecule has 1 fully saturated rings. The van der Waals surface area contributed by atoms with Crippen LogP contribution >= 0.6 is 0 Å². The molecule has 1 N–H and O–H groups in total. The van der Waals surface area contributed by atoms with Crippen molar-refractivity contribution >= 4 is 17.5 Å². The van der Waals surface area contributed by atoms with Gasteiger partial charge in [0, 0.05) is 37.2 Å². The number of rotatable bonds is 3. The van der Waals surface area contributed by atoms with Crippen molar-refractivity contribution in [2.75, 3.05) is 19.0 Å². The Hall–Kier alpha value is -3.61. The minimum Gasteiger partial charge on any atom is -0.497 e. The number of fused-ring (bicyclic) bond motifs is 2. The van der Waals surface area contributed by atoms with E-state index in [1.165, 1.54) is 0 Å². The van der Waals surface area contributed by atoms with Gasteiger partial charge in [0.15, 0.2) is 0 Å². The molecule has 0 bridgehead atoms. The predicted octanol–water partition coefficient (Wildman–Crippen LogP) is 2.91. The van der Waals surface area contributed by atoms with E-state index in [9.17, 15) is 9.59 Å². The Morgan fingerprint density at radius 1 is 1.20 bits per heavy atom. The van der Waals surface area contributed by atoms with Gasteiger partial charge in [0.05, 0.1) is 7.11 Å². The number of aromatic nitrogens is 2. The van der Waals surface area contributed by atoms with Crippen LogP contribution in [0.5, 0.6) is 5.75 Å². The van der Waals surface area contributed by atoms with Gasteiger partial charge in [0.25, 0.3) is 5.91 Å². The molecule has 152 valence electrons. The molecule has 3 aromatic rings. The van der Waals surface area contributed by atoms with E-state index in [0.717, 1.165) is 11.3 Å². The first-order valence-electron chi connectivity index (χ1n) is 9.89. The van der Waals surface area contributed by atoms with Gasteiger partial charge in [-0.15, -0.1) is 0 Å². The molecule has 2 atom stereocenters. The summed E-state index contributed by atoms with van der Waals surface area (Å²) in [6, 6.07) is 14.3. The van der Waals surface area contributed by atoms with Crippen molar-refractivity contribution < 1.29 is 14.3 Å². The number of amides is 2. The second kappa shape index (κ2) is 6.73. The molecule has 5 rings (SSSR count). The molecule has 2 amide bonds. The van der Waals surface area contributed by atoms with Crippen LogP contribution in [0.2, 0.25) is 0 Å². The molecular weight excluding hydrogens is 380 g/mol. The van der Waals surface area contributed by atoms with Crippen LogP contribution in [0.25, 0.3) is 0 Å². The Bertz CT molecular complexity index is 1140.